The van der Waals surface area contributed by atoms with Crippen LogP contribution in [0.3, 0.4) is 0 Å². The molecule has 1 aliphatic heterocycles. The summed E-state index contributed by atoms with van der Waals surface area (Å²) in [7, 11) is -3.58. The van der Waals surface area contributed by atoms with Crippen LogP contribution >= 0.6 is 0 Å². The molecule has 1 aromatic heterocycles. The highest BCUT2D eigenvalue weighted by Crippen LogP contribution is 2.14. The summed E-state index contributed by atoms with van der Waals surface area (Å²) in [6, 6.07) is 8.03. The first-order chi connectivity index (χ1) is 12.5. The van der Waals surface area contributed by atoms with Gasteiger partial charge in [-0.2, -0.15) is 4.98 Å². The Morgan fingerprint density at radius 2 is 1.96 bits per heavy atom. The third kappa shape index (κ3) is 4.87. The van der Waals surface area contributed by atoms with Crippen LogP contribution in [0.1, 0.15) is 16.5 Å². The van der Waals surface area contributed by atoms with E-state index in [0.29, 0.717) is 6.54 Å². The van der Waals surface area contributed by atoms with Crippen molar-refractivity contribution in [2.45, 2.75) is 10.6 Å². The highest BCUT2D eigenvalue weighted by molar-refractivity contribution is 7.90. The quantitative estimate of drug-likeness (QED) is 0.477. The van der Waals surface area contributed by atoms with Crippen molar-refractivity contribution in [3.8, 4) is 0 Å². The van der Waals surface area contributed by atoms with Crippen LogP contribution in [0.2, 0.25) is 0 Å². The second kappa shape index (κ2) is 8.39. The zero-order chi connectivity index (χ0) is 18.4. The second-order valence-corrected chi connectivity index (χ2v) is 8.20. The molecule has 2 aromatic rings. The van der Waals surface area contributed by atoms with E-state index in [0.717, 1.165) is 32.7 Å². The van der Waals surface area contributed by atoms with Crippen molar-refractivity contribution in [2.24, 2.45) is 0 Å². The normalized spacial score (nSPS) is 15.7. The number of nitrogens with zero attached hydrogens (tertiary/aromatic N) is 2. The minimum atomic E-state index is -3.58. The molecule has 0 unspecified atom stereocenters. The molecule has 0 bridgehead atoms. The number of piperazine rings is 1. The van der Waals surface area contributed by atoms with E-state index in [-0.39, 0.29) is 16.6 Å². The second-order valence-electron chi connectivity index (χ2n) is 6.21. The molecule has 0 radical (unpaired) electrons. The predicted molar refractivity (Wildman–Crippen MR) is 91.2 cm³/mol. The van der Waals surface area contributed by atoms with Gasteiger partial charge in [0.05, 0.1) is 18.0 Å². The molecule has 10 heteroatoms. The van der Waals surface area contributed by atoms with Gasteiger partial charge in [-0.1, -0.05) is 23.4 Å². The van der Waals surface area contributed by atoms with Gasteiger partial charge in [0.1, 0.15) is 31.9 Å². The third-order valence-corrected chi connectivity index (χ3v) is 5.88. The Balaban J connectivity index is 1.53. The smallest absolute Gasteiger partial charge is 0.315 e. The lowest BCUT2D eigenvalue weighted by molar-refractivity contribution is -0.945. The van der Waals surface area contributed by atoms with Crippen LogP contribution in [-0.2, 0) is 15.6 Å². The molecule has 140 valence electrons. The summed E-state index contributed by atoms with van der Waals surface area (Å²) < 4.78 is 29.5. The van der Waals surface area contributed by atoms with Crippen molar-refractivity contribution in [3.63, 3.8) is 0 Å². The van der Waals surface area contributed by atoms with Gasteiger partial charge in [0, 0.05) is 0 Å². The van der Waals surface area contributed by atoms with Crippen LogP contribution < -0.4 is 15.5 Å². The minimum absolute atomic E-state index is 0.0313. The van der Waals surface area contributed by atoms with Gasteiger partial charge in [0.25, 0.3) is 0 Å². The topological polar surface area (TPSA) is 123 Å². The molecule has 9 nitrogen and oxygen atoms in total. The van der Waals surface area contributed by atoms with Crippen LogP contribution in [0.25, 0.3) is 0 Å². The van der Waals surface area contributed by atoms with E-state index in [2.05, 4.69) is 20.8 Å². The summed E-state index contributed by atoms with van der Waals surface area (Å²) in [6.45, 7) is 5.71. The summed E-state index contributed by atoms with van der Waals surface area (Å²) >= 11 is 0. The average molecular weight is 381 g/mol. The van der Waals surface area contributed by atoms with Gasteiger partial charge in [0.15, 0.2) is 15.7 Å². The number of rotatable bonds is 7. The van der Waals surface area contributed by atoms with E-state index in [1.807, 2.05) is 0 Å². The van der Waals surface area contributed by atoms with Gasteiger partial charge in [-0.05, 0) is 12.1 Å². The summed E-state index contributed by atoms with van der Waals surface area (Å²) in [5.41, 5.74) is 0. The van der Waals surface area contributed by atoms with Crippen molar-refractivity contribution < 1.29 is 28.0 Å². The Labute approximate surface area is 151 Å². The molecule has 1 aromatic carbocycles. The van der Waals surface area contributed by atoms with E-state index in [1.54, 1.807) is 18.2 Å². The van der Waals surface area contributed by atoms with E-state index >= 15 is 0 Å². The Bertz CT molecular complexity index is 831. The number of sulfone groups is 1. The molecule has 0 atom stereocenters. The Morgan fingerprint density at radius 3 is 2.69 bits per heavy atom. The number of carbonyl (C=O) groups excluding carboxylic acids is 1. The number of nitrogens with two attached hydrogens (primary N) is 1. The molecule has 1 amide bonds. The maximum absolute atomic E-state index is 12.3. The van der Waals surface area contributed by atoms with Crippen molar-refractivity contribution in [1.29, 1.82) is 0 Å². The van der Waals surface area contributed by atoms with Gasteiger partial charge in [0.2, 0.25) is 0 Å². The molecule has 26 heavy (non-hydrogen) atoms. The molecule has 1 aliphatic rings. The van der Waals surface area contributed by atoms with Crippen LogP contribution in [0.4, 0.5) is 0 Å². The number of nitrogens with one attached hydrogen (secondary N) is 2. The van der Waals surface area contributed by atoms with Crippen molar-refractivity contribution >= 4 is 15.7 Å². The van der Waals surface area contributed by atoms with E-state index < -0.39 is 21.5 Å². The van der Waals surface area contributed by atoms with Crippen molar-refractivity contribution in [2.75, 3.05) is 39.3 Å². The van der Waals surface area contributed by atoms with E-state index in [9.17, 15) is 13.2 Å². The lowest BCUT2D eigenvalue weighted by Crippen LogP contribution is -3.20. The summed E-state index contributed by atoms with van der Waals surface area (Å²) in [5, 5.41) is 8.63. The first-order valence-corrected chi connectivity index (χ1v) is 10.2. The van der Waals surface area contributed by atoms with Crippen LogP contribution in [0.15, 0.2) is 39.8 Å². The van der Waals surface area contributed by atoms with E-state index in [1.165, 1.54) is 17.0 Å². The zero-order valence-corrected chi connectivity index (χ0v) is 15.2. The maximum atomic E-state index is 12.3. The minimum Gasteiger partial charge on any atom is -0.342 e. The first-order valence-electron chi connectivity index (χ1n) is 8.58. The molecule has 2 heterocycles. The molecule has 0 saturated carbocycles. The van der Waals surface area contributed by atoms with Crippen LogP contribution in [0, 0.1) is 0 Å². The van der Waals surface area contributed by atoms with Crippen LogP contribution in [-0.4, -0.2) is 63.7 Å². The lowest BCUT2D eigenvalue weighted by Gasteiger charge is -2.21. The Kier molecular flexibility index (Phi) is 5.96. The van der Waals surface area contributed by atoms with Gasteiger partial charge >= 0.3 is 11.8 Å². The number of hydrogen-bond acceptors (Lipinski definition) is 6. The summed E-state index contributed by atoms with van der Waals surface area (Å²) in [4.78, 5) is 17.6. The zero-order valence-electron chi connectivity index (χ0n) is 14.3. The molecule has 0 spiro atoms. The molecule has 1 fully saturated rings. The molecular formula is C16H23N5O4S+2. The SMILES string of the molecule is O=C(NCC[NH+]1CC[NH2+]CC1)c1nc(CS(=O)(=O)c2ccccc2)no1. The Hall–Kier alpha value is -2.30. The van der Waals surface area contributed by atoms with Gasteiger partial charge in [-0.3, -0.25) is 4.79 Å². The standard InChI is InChI=1S/C16H21N5O4S/c22-15(18-8-11-21-9-6-17-7-10-21)16-19-14(20-25-16)12-26(23,24)13-4-2-1-3-5-13/h1-5,17H,6-12H2,(H,18,22)/p+2. The average Bonchev–Trinajstić information content (AvgIpc) is 3.11. The largest absolute Gasteiger partial charge is 0.342 e. The Morgan fingerprint density at radius 1 is 1.23 bits per heavy atom. The number of amides is 1. The number of benzene rings is 1. The molecule has 0 aliphatic carbocycles. The number of carbonyl (C=O) groups is 1. The molecule has 1 saturated heterocycles. The fourth-order valence-corrected chi connectivity index (χ4v) is 4.04. The van der Waals surface area contributed by atoms with Gasteiger partial charge in [-0.15, -0.1) is 0 Å². The maximum Gasteiger partial charge on any atom is 0.315 e. The van der Waals surface area contributed by atoms with Gasteiger partial charge < -0.3 is 20.1 Å². The highest BCUT2D eigenvalue weighted by atomic mass is 32.2. The van der Waals surface area contributed by atoms with E-state index in [4.69, 9.17) is 4.52 Å². The van der Waals surface area contributed by atoms with Gasteiger partial charge in [-0.25, -0.2) is 8.42 Å². The third-order valence-electron chi connectivity index (χ3n) is 4.25. The highest BCUT2D eigenvalue weighted by Gasteiger charge is 2.22. The fraction of sp³-hybridized carbons (Fsp3) is 0.438. The van der Waals surface area contributed by atoms with Crippen LogP contribution in [0.5, 0.6) is 0 Å². The van der Waals surface area contributed by atoms with Crippen molar-refractivity contribution in [3.05, 3.63) is 42.0 Å². The summed E-state index contributed by atoms with van der Waals surface area (Å²) in [6.07, 6.45) is 0. The molecule has 3 rings (SSSR count). The summed E-state index contributed by atoms with van der Waals surface area (Å²) in [5.74, 6) is -1.15. The number of quaternary nitrogens is 2. The lowest BCUT2D eigenvalue weighted by atomic mass is 10.3. The van der Waals surface area contributed by atoms with Crippen molar-refractivity contribution in [1.82, 2.24) is 15.5 Å². The fourth-order valence-electron chi connectivity index (χ4n) is 2.85. The first kappa shape index (κ1) is 18.5. The predicted octanol–water partition coefficient (Wildman–Crippen LogP) is -2.76. The number of hydrogen-bond donors (Lipinski definition) is 3. The molecule has 4 N–H and O–H groups in total. The number of aromatic nitrogens is 2. The molecular weight excluding hydrogens is 358 g/mol. The monoisotopic (exact) mass is 381 g/mol.